The maximum absolute atomic E-state index is 3.54. The van der Waals surface area contributed by atoms with Gasteiger partial charge in [-0.25, -0.2) is 0 Å². The molecule has 3 atom stereocenters. The molecule has 0 amide bonds. The summed E-state index contributed by atoms with van der Waals surface area (Å²) in [5.74, 6) is 2.04. The topological polar surface area (TPSA) is 15.3 Å². The Labute approximate surface area is 80.7 Å². The van der Waals surface area contributed by atoms with Gasteiger partial charge in [-0.2, -0.15) is 0 Å². The Bertz CT molecular complexity index is 189. The molecule has 3 fully saturated rings. The lowest BCUT2D eigenvalue weighted by atomic mass is 9.78. The lowest BCUT2D eigenvalue weighted by Crippen LogP contribution is -2.48. The molecule has 2 heterocycles. The first-order valence-electron chi connectivity index (χ1n) is 5.88. The summed E-state index contributed by atoms with van der Waals surface area (Å²) in [6, 6.07) is 0.954. The molecule has 2 aliphatic heterocycles. The smallest absolute Gasteiger partial charge is 0.00986 e. The Balaban J connectivity index is 1.60. The number of nitrogens with one attached hydrogen (secondary N) is 1. The maximum atomic E-state index is 3.54. The van der Waals surface area contributed by atoms with Gasteiger partial charge in [0.25, 0.3) is 0 Å². The fraction of sp³-hybridized carbons (Fsp3) is 1.00. The summed E-state index contributed by atoms with van der Waals surface area (Å²) in [7, 11) is 0. The molecule has 0 spiro atoms. The molecular formula is C11H20N2. The van der Waals surface area contributed by atoms with Crippen molar-refractivity contribution in [2.75, 3.05) is 26.2 Å². The highest BCUT2D eigenvalue weighted by molar-refractivity contribution is 4.92. The van der Waals surface area contributed by atoms with Crippen molar-refractivity contribution in [3.05, 3.63) is 0 Å². The fourth-order valence-electron chi connectivity index (χ4n) is 3.31. The molecule has 3 unspecified atom stereocenters. The Morgan fingerprint density at radius 3 is 2.62 bits per heavy atom. The molecule has 1 saturated carbocycles. The SMILES string of the molecule is C1CN(C2CCC3CNCC3C2)C1. The van der Waals surface area contributed by atoms with E-state index in [1.54, 1.807) is 0 Å². The van der Waals surface area contributed by atoms with Crippen LogP contribution in [0.2, 0.25) is 0 Å². The van der Waals surface area contributed by atoms with Crippen molar-refractivity contribution >= 4 is 0 Å². The highest BCUT2D eigenvalue weighted by Gasteiger charge is 2.36. The molecule has 74 valence electrons. The van der Waals surface area contributed by atoms with Crippen LogP contribution in [-0.4, -0.2) is 37.1 Å². The quantitative estimate of drug-likeness (QED) is 0.649. The summed E-state index contributed by atoms with van der Waals surface area (Å²) in [5, 5.41) is 3.54. The molecule has 3 rings (SSSR count). The lowest BCUT2D eigenvalue weighted by Gasteiger charge is -2.43. The third-order valence-electron chi connectivity index (χ3n) is 4.33. The van der Waals surface area contributed by atoms with E-state index in [9.17, 15) is 0 Å². The molecule has 2 saturated heterocycles. The molecule has 0 aromatic carbocycles. The number of hydrogen-bond donors (Lipinski definition) is 1. The molecule has 2 heteroatoms. The summed E-state index contributed by atoms with van der Waals surface area (Å²) >= 11 is 0. The third kappa shape index (κ3) is 1.40. The number of rotatable bonds is 1. The van der Waals surface area contributed by atoms with Crippen molar-refractivity contribution < 1.29 is 0 Å². The molecule has 0 aromatic rings. The first-order chi connectivity index (χ1) is 6.43. The van der Waals surface area contributed by atoms with Crippen LogP contribution in [0.15, 0.2) is 0 Å². The zero-order chi connectivity index (χ0) is 8.67. The molecule has 13 heavy (non-hydrogen) atoms. The van der Waals surface area contributed by atoms with E-state index in [0.717, 1.165) is 17.9 Å². The Kier molecular flexibility index (Phi) is 2.06. The summed E-state index contributed by atoms with van der Waals surface area (Å²) < 4.78 is 0. The number of nitrogens with zero attached hydrogens (tertiary/aromatic N) is 1. The van der Waals surface area contributed by atoms with Gasteiger partial charge in [0.15, 0.2) is 0 Å². The minimum Gasteiger partial charge on any atom is -0.316 e. The summed E-state index contributed by atoms with van der Waals surface area (Å²) in [4.78, 5) is 2.70. The predicted molar refractivity (Wildman–Crippen MR) is 53.7 cm³/mol. The van der Waals surface area contributed by atoms with Gasteiger partial charge in [-0.3, -0.25) is 0 Å². The second kappa shape index (κ2) is 3.25. The average Bonchev–Trinajstić information content (AvgIpc) is 2.47. The average molecular weight is 180 g/mol. The third-order valence-corrected chi connectivity index (χ3v) is 4.33. The van der Waals surface area contributed by atoms with E-state index < -0.39 is 0 Å². The van der Waals surface area contributed by atoms with Crippen LogP contribution in [0.25, 0.3) is 0 Å². The highest BCUT2D eigenvalue weighted by Crippen LogP contribution is 2.35. The normalized spacial score (nSPS) is 45.7. The van der Waals surface area contributed by atoms with Gasteiger partial charge >= 0.3 is 0 Å². The first-order valence-corrected chi connectivity index (χ1v) is 5.88. The van der Waals surface area contributed by atoms with Crippen LogP contribution in [0.4, 0.5) is 0 Å². The van der Waals surface area contributed by atoms with Crippen LogP contribution in [0.3, 0.4) is 0 Å². The second-order valence-electron chi connectivity index (χ2n) is 5.03. The van der Waals surface area contributed by atoms with E-state index in [0.29, 0.717) is 0 Å². The highest BCUT2D eigenvalue weighted by atomic mass is 15.2. The summed E-state index contributed by atoms with van der Waals surface area (Å²) in [5.41, 5.74) is 0. The molecule has 3 aliphatic rings. The van der Waals surface area contributed by atoms with E-state index in [-0.39, 0.29) is 0 Å². The first kappa shape index (κ1) is 8.25. The predicted octanol–water partition coefficient (Wildman–Crippen LogP) is 1.08. The zero-order valence-corrected chi connectivity index (χ0v) is 8.34. The summed E-state index contributed by atoms with van der Waals surface area (Å²) in [6.07, 6.45) is 5.89. The largest absolute Gasteiger partial charge is 0.316 e. The van der Waals surface area contributed by atoms with E-state index in [1.165, 1.54) is 51.9 Å². The van der Waals surface area contributed by atoms with Crippen molar-refractivity contribution in [2.45, 2.75) is 31.7 Å². The van der Waals surface area contributed by atoms with E-state index in [1.807, 2.05) is 0 Å². The Morgan fingerprint density at radius 1 is 1.00 bits per heavy atom. The molecule has 1 aliphatic carbocycles. The minimum absolute atomic E-state index is 0.954. The minimum atomic E-state index is 0.954. The number of hydrogen-bond acceptors (Lipinski definition) is 2. The molecule has 2 nitrogen and oxygen atoms in total. The van der Waals surface area contributed by atoms with Gasteiger partial charge in [0, 0.05) is 6.04 Å². The van der Waals surface area contributed by atoms with E-state index in [2.05, 4.69) is 10.2 Å². The lowest BCUT2D eigenvalue weighted by molar-refractivity contribution is 0.0648. The van der Waals surface area contributed by atoms with E-state index >= 15 is 0 Å². The van der Waals surface area contributed by atoms with Gasteiger partial charge in [0.1, 0.15) is 0 Å². The van der Waals surface area contributed by atoms with Crippen LogP contribution in [0.1, 0.15) is 25.7 Å². The van der Waals surface area contributed by atoms with Crippen LogP contribution < -0.4 is 5.32 Å². The van der Waals surface area contributed by atoms with Gasteiger partial charge in [-0.05, 0) is 63.7 Å². The van der Waals surface area contributed by atoms with Crippen LogP contribution in [0.5, 0.6) is 0 Å². The molecule has 0 aromatic heterocycles. The van der Waals surface area contributed by atoms with Gasteiger partial charge in [0.2, 0.25) is 0 Å². The van der Waals surface area contributed by atoms with Crippen molar-refractivity contribution in [1.29, 1.82) is 0 Å². The number of fused-ring (bicyclic) bond motifs is 1. The van der Waals surface area contributed by atoms with Crippen molar-refractivity contribution in [2.24, 2.45) is 11.8 Å². The monoisotopic (exact) mass is 180 g/mol. The van der Waals surface area contributed by atoms with Crippen molar-refractivity contribution in [3.63, 3.8) is 0 Å². The van der Waals surface area contributed by atoms with Gasteiger partial charge < -0.3 is 10.2 Å². The Hall–Kier alpha value is -0.0800. The zero-order valence-electron chi connectivity index (χ0n) is 8.34. The van der Waals surface area contributed by atoms with Crippen LogP contribution >= 0.6 is 0 Å². The maximum Gasteiger partial charge on any atom is 0.00986 e. The van der Waals surface area contributed by atoms with Gasteiger partial charge in [-0.15, -0.1) is 0 Å². The summed E-state index contributed by atoms with van der Waals surface area (Å²) in [6.45, 7) is 5.37. The van der Waals surface area contributed by atoms with Crippen molar-refractivity contribution in [3.8, 4) is 0 Å². The molecule has 1 N–H and O–H groups in total. The van der Waals surface area contributed by atoms with Gasteiger partial charge in [0.05, 0.1) is 0 Å². The van der Waals surface area contributed by atoms with Gasteiger partial charge in [-0.1, -0.05) is 0 Å². The van der Waals surface area contributed by atoms with E-state index in [4.69, 9.17) is 0 Å². The second-order valence-corrected chi connectivity index (χ2v) is 5.03. The van der Waals surface area contributed by atoms with Crippen LogP contribution in [0, 0.1) is 11.8 Å². The Morgan fingerprint density at radius 2 is 1.85 bits per heavy atom. The molecular weight excluding hydrogens is 160 g/mol. The number of likely N-dealkylation sites (tertiary alicyclic amines) is 1. The standard InChI is InChI=1S/C11H20N2/c1-4-13(5-1)11-3-2-9-7-12-8-10(9)6-11/h9-12H,1-8H2. The molecule has 0 radical (unpaired) electrons. The fourth-order valence-corrected chi connectivity index (χ4v) is 3.31. The van der Waals surface area contributed by atoms with Crippen molar-refractivity contribution in [1.82, 2.24) is 10.2 Å². The molecule has 0 bridgehead atoms. The van der Waals surface area contributed by atoms with Crippen LogP contribution in [-0.2, 0) is 0 Å².